The standard InChI is InChI=1S/C14H18ClNO5S/c15-11-3-1-10(2-4-11)14(19)16(7-13(18)8-17)12-5-6-22(20,21)9-12/h1-4,12-13,17-18H,5-9H2/t12-,13+/m0/s1. The van der Waals surface area contributed by atoms with E-state index in [0.717, 1.165) is 0 Å². The molecule has 1 aliphatic rings. The summed E-state index contributed by atoms with van der Waals surface area (Å²) >= 11 is 5.79. The van der Waals surface area contributed by atoms with Gasteiger partial charge in [0.15, 0.2) is 9.84 Å². The lowest BCUT2D eigenvalue weighted by molar-refractivity contribution is 0.0375. The summed E-state index contributed by atoms with van der Waals surface area (Å²) in [6.07, 6.45) is -0.778. The number of hydrogen-bond acceptors (Lipinski definition) is 5. The maximum absolute atomic E-state index is 12.6. The third-order valence-corrected chi connectivity index (χ3v) is 5.62. The van der Waals surface area contributed by atoms with Gasteiger partial charge in [0.05, 0.1) is 24.2 Å². The van der Waals surface area contributed by atoms with Gasteiger partial charge in [-0.1, -0.05) is 11.6 Å². The van der Waals surface area contributed by atoms with Crippen LogP contribution < -0.4 is 0 Å². The second kappa shape index (κ2) is 6.95. The van der Waals surface area contributed by atoms with Crippen molar-refractivity contribution in [1.29, 1.82) is 0 Å². The Kier molecular flexibility index (Phi) is 5.44. The van der Waals surface area contributed by atoms with Crippen LogP contribution in [0, 0.1) is 0 Å². The van der Waals surface area contributed by atoms with Gasteiger partial charge >= 0.3 is 0 Å². The van der Waals surface area contributed by atoms with Crippen LogP contribution in [-0.4, -0.2) is 66.2 Å². The van der Waals surface area contributed by atoms with Crippen LogP contribution in [-0.2, 0) is 9.84 Å². The zero-order valence-corrected chi connectivity index (χ0v) is 13.4. The SMILES string of the molecule is O=C(c1ccc(Cl)cc1)N(C[C@@H](O)CO)[C@H]1CCS(=O)(=O)C1. The first-order valence-electron chi connectivity index (χ1n) is 6.88. The van der Waals surface area contributed by atoms with E-state index in [4.69, 9.17) is 16.7 Å². The molecule has 2 rings (SSSR count). The Morgan fingerprint density at radius 3 is 2.50 bits per heavy atom. The monoisotopic (exact) mass is 347 g/mol. The van der Waals surface area contributed by atoms with E-state index in [9.17, 15) is 18.3 Å². The van der Waals surface area contributed by atoms with Gasteiger partial charge in [0.2, 0.25) is 0 Å². The molecule has 1 heterocycles. The van der Waals surface area contributed by atoms with Crippen LogP contribution in [0.15, 0.2) is 24.3 Å². The first-order chi connectivity index (χ1) is 10.3. The average molecular weight is 348 g/mol. The van der Waals surface area contributed by atoms with Crippen molar-refractivity contribution in [3.8, 4) is 0 Å². The summed E-state index contributed by atoms with van der Waals surface area (Å²) in [7, 11) is -3.16. The third-order valence-electron chi connectivity index (χ3n) is 3.62. The fourth-order valence-electron chi connectivity index (χ4n) is 2.46. The molecule has 1 aliphatic heterocycles. The molecule has 0 aromatic heterocycles. The number of aliphatic hydroxyl groups is 2. The van der Waals surface area contributed by atoms with Crippen molar-refractivity contribution in [2.24, 2.45) is 0 Å². The molecule has 2 atom stereocenters. The molecule has 1 amide bonds. The lowest BCUT2D eigenvalue weighted by atomic mass is 10.1. The van der Waals surface area contributed by atoms with Gasteiger partial charge < -0.3 is 15.1 Å². The second-order valence-electron chi connectivity index (χ2n) is 5.36. The molecular formula is C14H18ClNO5S. The van der Waals surface area contributed by atoms with Gasteiger partial charge in [-0.25, -0.2) is 8.42 Å². The molecule has 0 radical (unpaired) electrons. The molecule has 0 spiro atoms. The molecule has 1 saturated heterocycles. The predicted molar refractivity (Wildman–Crippen MR) is 82.6 cm³/mol. The number of amides is 1. The van der Waals surface area contributed by atoms with Gasteiger partial charge in [0, 0.05) is 23.2 Å². The van der Waals surface area contributed by atoms with E-state index in [-0.39, 0.29) is 24.0 Å². The minimum absolute atomic E-state index is 0.0251. The van der Waals surface area contributed by atoms with Crippen LogP contribution in [0.1, 0.15) is 16.8 Å². The fourth-order valence-corrected chi connectivity index (χ4v) is 4.32. The normalized spacial score (nSPS) is 21.5. The lowest BCUT2D eigenvalue weighted by Gasteiger charge is -2.30. The molecule has 0 bridgehead atoms. The summed E-state index contributed by atoms with van der Waals surface area (Å²) in [5.41, 5.74) is 0.360. The number of benzene rings is 1. The van der Waals surface area contributed by atoms with E-state index in [1.54, 1.807) is 24.3 Å². The van der Waals surface area contributed by atoms with Crippen LogP contribution in [0.25, 0.3) is 0 Å². The van der Waals surface area contributed by atoms with Crippen LogP contribution in [0.5, 0.6) is 0 Å². The van der Waals surface area contributed by atoms with Crippen molar-refractivity contribution in [3.63, 3.8) is 0 Å². The van der Waals surface area contributed by atoms with E-state index < -0.39 is 28.6 Å². The highest BCUT2D eigenvalue weighted by Crippen LogP contribution is 2.21. The van der Waals surface area contributed by atoms with Crippen LogP contribution in [0.3, 0.4) is 0 Å². The molecule has 0 saturated carbocycles. The zero-order chi connectivity index (χ0) is 16.3. The molecule has 22 heavy (non-hydrogen) atoms. The number of halogens is 1. The second-order valence-corrected chi connectivity index (χ2v) is 8.02. The summed E-state index contributed by atoms with van der Waals surface area (Å²) in [5, 5.41) is 19.1. The lowest BCUT2D eigenvalue weighted by Crippen LogP contribution is -2.46. The van der Waals surface area contributed by atoms with E-state index in [1.807, 2.05) is 0 Å². The van der Waals surface area contributed by atoms with Gasteiger partial charge in [-0.2, -0.15) is 0 Å². The Bertz CT molecular complexity index is 631. The van der Waals surface area contributed by atoms with Crippen molar-refractivity contribution < 1.29 is 23.4 Å². The average Bonchev–Trinajstić information content (AvgIpc) is 2.84. The summed E-state index contributed by atoms with van der Waals surface area (Å²) in [6.45, 7) is -0.609. The van der Waals surface area contributed by atoms with Crippen molar-refractivity contribution in [1.82, 2.24) is 4.90 Å². The number of sulfone groups is 1. The summed E-state index contributed by atoms with van der Waals surface area (Å²) in [5.74, 6) is -0.479. The van der Waals surface area contributed by atoms with Gasteiger partial charge in [-0.15, -0.1) is 0 Å². The fraction of sp³-hybridized carbons (Fsp3) is 0.500. The van der Waals surface area contributed by atoms with E-state index in [2.05, 4.69) is 0 Å². The maximum Gasteiger partial charge on any atom is 0.254 e. The number of rotatable bonds is 5. The molecule has 1 aromatic rings. The number of aliphatic hydroxyl groups excluding tert-OH is 2. The Morgan fingerprint density at radius 2 is 2.00 bits per heavy atom. The summed E-state index contributed by atoms with van der Waals surface area (Å²) in [4.78, 5) is 13.9. The number of nitrogens with zero attached hydrogens (tertiary/aromatic N) is 1. The third kappa shape index (κ3) is 4.19. The van der Waals surface area contributed by atoms with Gasteiger partial charge in [0.1, 0.15) is 0 Å². The highest BCUT2D eigenvalue weighted by Gasteiger charge is 2.35. The highest BCUT2D eigenvalue weighted by molar-refractivity contribution is 7.91. The number of carbonyl (C=O) groups excluding carboxylic acids is 1. The first-order valence-corrected chi connectivity index (χ1v) is 9.08. The molecule has 2 N–H and O–H groups in total. The van der Waals surface area contributed by atoms with Crippen LogP contribution in [0.2, 0.25) is 5.02 Å². The van der Waals surface area contributed by atoms with Gasteiger partial charge in [-0.3, -0.25) is 4.79 Å². The zero-order valence-electron chi connectivity index (χ0n) is 11.9. The Hall–Kier alpha value is -1.15. The van der Waals surface area contributed by atoms with Crippen LogP contribution >= 0.6 is 11.6 Å². The minimum atomic E-state index is -3.16. The summed E-state index contributed by atoms with van der Waals surface area (Å²) < 4.78 is 23.3. The minimum Gasteiger partial charge on any atom is -0.394 e. The summed E-state index contributed by atoms with van der Waals surface area (Å²) in [6, 6.07) is 5.75. The van der Waals surface area contributed by atoms with Crippen molar-refractivity contribution in [2.45, 2.75) is 18.6 Å². The molecular weight excluding hydrogens is 330 g/mol. The number of carbonyl (C=O) groups is 1. The first kappa shape index (κ1) is 17.2. The molecule has 0 unspecified atom stereocenters. The Labute approximate surface area is 134 Å². The molecule has 8 heteroatoms. The quantitative estimate of drug-likeness (QED) is 0.800. The molecule has 122 valence electrons. The van der Waals surface area contributed by atoms with E-state index in [0.29, 0.717) is 17.0 Å². The van der Waals surface area contributed by atoms with Crippen molar-refractivity contribution in [2.75, 3.05) is 24.7 Å². The van der Waals surface area contributed by atoms with Gasteiger partial charge in [0.25, 0.3) is 5.91 Å². The maximum atomic E-state index is 12.6. The van der Waals surface area contributed by atoms with Crippen LogP contribution in [0.4, 0.5) is 0 Å². The van der Waals surface area contributed by atoms with Crippen molar-refractivity contribution in [3.05, 3.63) is 34.9 Å². The largest absolute Gasteiger partial charge is 0.394 e. The van der Waals surface area contributed by atoms with Crippen molar-refractivity contribution >= 4 is 27.3 Å². The predicted octanol–water partition coefficient (Wildman–Crippen LogP) is 0.322. The smallest absolute Gasteiger partial charge is 0.254 e. The molecule has 1 aromatic carbocycles. The molecule has 6 nitrogen and oxygen atoms in total. The molecule has 0 aliphatic carbocycles. The van der Waals surface area contributed by atoms with E-state index in [1.165, 1.54) is 4.90 Å². The van der Waals surface area contributed by atoms with E-state index >= 15 is 0 Å². The number of hydrogen-bond donors (Lipinski definition) is 2. The Balaban J connectivity index is 2.23. The highest BCUT2D eigenvalue weighted by atomic mass is 35.5. The molecule has 1 fully saturated rings. The topological polar surface area (TPSA) is 94.9 Å². The Morgan fingerprint density at radius 1 is 1.36 bits per heavy atom. The van der Waals surface area contributed by atoms with Gasteiger partial charge in [-0.05, 0) is 30.7 Å².